The minimum absolute atomic E-state index is 0.131. The first-order valence-corrected chi connectivity index (χ1v) is 11.7. The van der Waals surface area contributed by atoms with Crippen LogP contribution in [0.25, 0.3) is 11.2 Å². The van der Waals surface area contributed by atoms with E-state index in [0.717, 1.165) is 16.7 Å². The number of benzene rings is 2. The molecule has 4 rings (SSSR count). The SMILES string of the molecule is Cc1cnc2c(c1)nc(CCC(=O)NC(C)c1ccc(Cl)cc1)n2Cc1ccc(OC(F)(F)F)cc1. The Kier molecular flexibility index (Phi) is 7.49. The number of carbonyl (C=O) groups is 1. The van der Waals surface area contributed by atoms with Gasteiger partial charge in [-0.1, -0.05) is 35.9 Å². The number of hydrogen-bond donors (Lipinski definition) is 1. The van der Waals surface area contributed by atoms with Gasteiger partial charge in [-0.25, -0.2) is 9.97 Å². The molecule has 0 bridgehead atoms. The van der Waals surface area contributed by atoms with Gasteiger partial charge in [-0.05, 0) is 60.9 Å². The topological polar surface area (TPSA) is 69.0 Å². The standard InChI is InChI=1S/C26H24ClF3N4O2/c1-16-13-22-25(31-14-16)34(15-18-3-9-21(10-4-18)36-26(28,29)30)23(33-22)11-12-24(35)32-17(2)19-5-7-20(27)8-6-19/h3-10,13-14,17H,11-12,15H2,1-2H3,(H,32,35). The molecule has 1 unspecified atom stereocenters. The van der Waals surface area contributed by atoms with Gasteiger partial charge in [-0.15, -0.1) is 13.2 Å². The van der Waals surface area contributed by atoms with Crippen molar-refractivity contribution < 1.29 is 22.7 Å². The second kappa shape index (κ2) is 10.6. The molecule has 188 valence electrons. The van der Waals surface area contributed by atoms with Gasteiger partial charge in [0.05, 0.1) is 12.6 Å². The van der Waals surface area contributed by atoms with E-state index in [-0.39, 0.29) is 24.1 Å². The fraction of sp³-hybridized carbons (Fsp3) is 0.269. The van der Waals surface area contributed by atoms with Gasteiger partial charge in [-0.3, -0.25) is 4.79 Å². The number of carbonyl (C=O) groups excluding carboxylic acids is 1. The number of nitrogens with zero attached hydrogens (tertiary/aromatic N) is 3. The highest BCUT2D eigenvalue weighted by Gasteiger charge is 2.31. The first-order chi connectivity index (χ1) is 17.1. The van der Waals surface area contributed by atoms with Crippen molar-refractivity contribution in [3.8, 4) is 5.75 Å². The van der Waals surface area contributed by atoms with Crippen LogP contribution in [0.3, 0.4) is 0 Å². The highest BCUT2D eigenvalue weighted by atomic mass is 35.5. The molecule has 4 aromatic rings. The van der Waals surface area contributed by atoms with Crippen molar-refractivity contribution in [2.45, 2.75) is 45.6 Å². The Morgan fingerprint density at radius 2 is 1.83 bits per heavy atom. The van der Waals surface area contributed by atoms with Gasteiger partial charge in [0.1, 0.15) is 17.1 Å². The first-order valence-electron chi connectivity index (χ1n) is 11.3. The van der Waals surface area contributed by atoms with E-state index in [4.69, 9.17) is 11.6 Å². The number of alkyl halides is 3. The second-order valence-corrected chi connectivity index (χ2v) is 8.94. The Hall–Kier alpha value is -3.59. The van der Waals surface area contributed by atoms with E-state index in [1.165, 1.54) is 12.1 Å². The summed E-state index contributed by atoms with van der Waals surface area (Å²) in [5.74, 6) is 0.240. The Balaban J connectivity index is 1.49. The number of imidazole rings is 1. The van der Waals surface area contributed by atoms with Crippen LogP contribution in [0.2, 0.25) is 5.02 Å². The summed E-state index contributed by atoms with van der Waals surface area (Å²) in [6, 6.07) is 14.7. The van der Waals surface area contributed by atoms with Crippen LogP contribution in [0.15, 0.2) is 60.8 Å². The maximum Gasteiger partial charge on any atom is 0.573 e. The summed E-state index contributed by atoms with van der Waals surface area (Å²) in [6.45, 7) is 4.14. The molecule has 1 amide bonds. The molecule has 0 fully saturated rings. The molecule has 2 aromatic heterocycles. The number of halogens is 4. The molecule has 1 N–H and O–H groups in total. The first kappa shape index (κ1) is 25.5. The van der Waals surface area contributed by atoms with Crippen molar-refractivity contribution in [1.29, 1.82) is 0 Å². The van der Waals surface area contributed by atoms with Crippen LogP contribution in [-0.2, 0) is 17.8 Å². The average Bonchev–Trinajstić information content (AvgIpc) is 3.14. The van der Waals surface area contributed by atoms with E-state index in [1.54, 1.807) is 30.5 Å². The van der Waals surface area contributed by atoms with Crippen LogP contribution < -0.4 is 10.1 Å². The van der Waals surface area contributed by atoms with Crippen molar-refractivity contribution in [1.82, 2.24) is 19.9 Å². The van der Waals surface area contributed by atoms with Gasteiger partial charge in [0.2, 0.25) is 5.91 Å². The molecule has 1 atom stereocenters. The normalized spacial score (nSPS) is 12.5. The second-order valence-electron chi connectivity index (χ2n) is 8.50. The van der Waals surface area contributed by atoms with Gasteiger partial charge in [0.25, 0.3) is 0 Å². The lowest BCUT2D eigenvalue weighted by Crippen LogP contribution is -2.27. The molecule has 0 saturated heterocycles. The minimum Gasteiger partial charge on any atom is -0.406 e. The van der Waals surface area contributed by atoms with Crippen LogP contribution in [0, 0.1) is 6.92 Å². The third-order valence-corrected chi connectivity index (χ3v) is 5.87. The van der Waals surface area contributed by atoms with Gasteiger partial charge in [0.15, 0.2) is 5.65 Å². The van der Waals surface area contributed by atoms with Crippen molar-refractivity contribution in [2.75, 3.05) is 0 Å². The minimum atomic E-state index is -4.75. The van der Waals surface area contributed by atoms with Gasteiger partial charge < -0.3 is 14.6 Å². The zero-order chi connectivity index (χ0) is 25.9. The van der Waals surface area contributed by atoms with E-state index in [0.29, 0.717) is 35.0 Å². The number of fused-ring (bicyclic) bond motifs is 1. The summed E-state index contributed by atoms with van der Waals surface area (Å²) < 4.78 is 43.2. The molecular formula is C26H24ClF3N4O2. The number of ether oxygens (including phenoxy) is 1. The highest BCUT2D eigenvalue weighted by molar-refractivity contribution is 6.30. The van der Waals surface area contributed by atoms with Gasteiger partial charge in [0, 0.05) is 24.1 Å². The van der Waals surface area contributed by atoms with Crippen LogP contribution in [0.4, 0.5) is 13.2 Å². The van der Waals surface area contributed by atoms with Crippen molar-refractivity contribution >= 4 is 28.7 Å². The van der Waals surface area contributed by atoms with E-state index in [2.05, 4.69) is 20.0 Å². The van der Waals surface area contributed by atoms with Gasteiger partial charge in [-0.2, -0.15) is 0 Å². The zero-order valence-corrected chi connectivity index (χ0v) is 20.4. The molecule has 0 radical (unpaired) electrons. The van der Waals surface area contributed by atoms with Crippen LogP contribution in [0.1, 0.15) is 41.9 Å². The van der Waals surface area contributed by atoms with Crippen LogP contribution >= 0.6 is 11.6 Å². The summed E-state index contributed by atoms with van der Waals surface area (Å²) in [5.41, 5.74) is 3.96. The lowest BCUT2D eigenvalue weighted by molar-refractivity contribution is -0.274. The van der Waals surface area contributed by atoms with Crippen LogP contribution in [0.5, 0.6) is 5.75 Å². The number of amides is 1. The monoisotopic (exact) mass is 516 g/mol. The predicted octanol–water partition coefficient (Wildman–Crippen LogP) is 6.15. The molecule has 2 aromatic carbocycles. The number of rotatable bonds is 8. The maximum atomic E-state index is 12.7. The molecule has 0 aliphatic heterocycles. The average molecular weight is 517 g/mol. The molecule has 0 spiro atoms. The summed E-state index contributed by atoms with van der Waals surface area (Å²) in [6.07, 6.45) is -2.45. The fourth-order valence-corrected chi connectivity index (χ4v) is 3.99. The highest BCUT2D eigenvalue weighted by Crippen LogP contribution is 2.24. The van der Waals surface area contributed by atoms with E-state index in [9.17, 15) is 18.0 Å². The van der Waals surface area contributed by atoms with E-state index < -0.39 is 6.36 Å². The third-order valence-electron chi connectivity index (χ3n) is 5.62. The molecule has 0 saturated carbocycles. The molecule has 0 aliphatic rings. The molecule has 10 heteroatoms. The molecule has 0 aliphatic carbocycles. The third kappa shape index (κ3) is 6.54. The van der Waals surface area contributed by atoms with Crippen LogP contribution in [-0.4, -0.2) is 26.8 Å². The molecule has 36 heavy (non-hydrogen) atoms. The van der Waals surface area contributed by atoms with E-state index in [1.807, 2.05) is 36.6 Å². The van der Waals surface area contributed by atoms with Crippen molar-refractivity contribution in [2.24, 2.45) is 0 Å². The summed E-state index contributed by atoms with van der Waals surface area (Å²) in [5, 5.41) is 3.61. The lowest BCUT2D eigenvalue weighted by atomic mass is 10.1. The number of hydrogen-bond acceptors (Lipinski definition) is 4. The number of nitrogens with one attached hydrogen (secondary N) is 1. The van der Waals surface area contributed by atoms with Crippen molar-refractivity contribution in [3.63, 3.8) is 0 Å². The maximum absolute atomic E-state index is 12.7. The summed E-state index contributed by atoms with van der Waals surface area (Å²) >= 11 is 5.94. The lowest BCUT2D eigenvalue weighted by Gasteiger charge is -2.15. The number of pyridine rings is 1. The number of aromatic nitrogens is 3. The fourth-order valence-electron chi connectivity index (χ4n) is 3.87. The summed E-state index contributed by atoms with van der Waals surface area (Å²) in [7, 11) is 0. The van der Waals surface area contributed by atoms with Gasteiger partial charge >= 0.3 is 6.36 Å². The molecule has 2 heterocycles. The summed E-state index contributed by atoms with van der Waals surface area (Å²) in [4.78, 5) is 21.9. The largest absolute Gasteiger partial charge is 0.573 e. The Bertz CT molecular complexity index is 1350. The zero-order valence-electron chi connectivity index (χ0n) is 19.6. The Morgan fingerprint density at radius 3 is 2.50 bits per heavy atom. The number of aryl methyl sites for hydroxylation is 2. The van der Waals surface area contributed by atoms with Crippen molar-refractivity contribution in [3.05, 3.63) is 88.3 Å². The molecule has 6 nitrogen and oxygen atoms in total. The quantitative estimate of drug-likeness (QED) is 0.305. The Labute approximate surface area is 211 Å². The smallest absolute Gasteiger partial charge is 0.406 e. The Morgan fingerprint density at radius 1 is 1.14 bits per heavy atom. The van der Waals surface area contributed by atoms with E-state index >= 15 is 0 Å². The molecular weight excluding hydrogens is 493 g/mol. The predicted molar refractivity (Wildman–Crippen MR) is 131 cm³/mol.